The number of halogens is 3. The van der Waals surface area contributed by atoms with E-state index in [9.17, 15) is 31.2 Å². The third kappa shape index (κ3) is 6.00. The number of rotatable bonds is 6. The number of carbonyl (C=O) groups excluding carboxylic acids is 2. The molecule has 1 heterocycles. The lowest BCUT2D eigenvalue weighted by Gasteiger charge is -2.30. The van der Waals surface area contributed by atoms with E-state index in [1.807, 2.05) is 0 Å². The Kier molecular flexibility index (Phi) is 7.61. The van der Waals surface area contributed by atoms with Gasteiger partial charge in [-0.1, -0.05) is 30.3 Å². The predicted octanol–water partition coefficient (Wildman–Crippen LogP) is 2.89. The van der Waals surface area contributed by atoms with Crippen molar-refractivity contribution in [2.24, 2.45) is 0 Å². The van der Waals surface area contributed by atoms with Crippen LogP contribution in [0.4, 0.5) is 13.2 Å². The van der Waals surface area contributed by atoms with Crippen molar-refractivity contribution in [2.75, 3.05) is 7.11 Å². The van der Waals surface area contributed by atoms with Gasteiger partial charge in [-0.05, 0) is 26.3 Å². The largest absolute Gasteiger partial charge is 0.516 e. The quantitative estimate of drug-likeness (QED) is 0.457. The first-order chi connectivity index (χ1) is 14.7. The third-order valence-corrected chi connectivity index (χ3v) is 5.87. The smallest absolute Gasteiger partial charge is 0.467 e. The van der Waals surface area contributed by atoms with Crippen LogP contribution in [0.25, 0.3) is 0 Å². The topological polar surface area (TPSA) is 99.2 Å². The molecule has 1 aliphatic rings. The first kappa shape index (κ1) is 25.7. The second kappa shape index (κ2) is 9.49. The van der Waals surface area contributed by atoms with E-state index in [-0.39, 0.29) is 10.9 Å². The standard InChI is InChI=1S/C20H24F3NO7S/c1-19(2,3)31-15-10-14(11-16(25)30-12-13-8-6-5-7-9-13)24(17(15)18(26)29-4)32(27,28)20(21,22)23/h5-9,11,15,17H,10,12H2,1-4H3/b14-11+/t15-,17+/m1/s1. The van der Waals surface area contributed by atoms with E-state index in [1.54, 1.807) is 51.1 Å². The van der Waals surface area contributed by atoms with Gasteiger partial charge in [0.25, 0.3) is 0 Å². The maximum Gasteiger partial charge on any atom is 0.516 e. The normalized spacial score (nSPS) is 21.0. The summed E-state index contributed by atoms with van der Waals surface area (Å²) < 4.78 is 79.9. The van der Waals surface area contributed by atoms with Crippen molar-refractivity contribution < 1.29 is 45.4 Å². The average molecular weight is 479 g/mol. The number of methoxy groups -OCH3 is 1. The van der Waals surface area contributed by atoms with Crippen LogP contribution in [0.1, 0.15) is 32.8 Å². The first-order valence-corrected chi connectivity index (χ1v) is 10.9. The first-order valence-electron chi connectivity index (χ1n) is 9.45. The molecule has 12 heteroatoms. The van der Waals surface area contributed by atoms with Crippen LogP contribution in [0.5, 0.6) is 0 Å². The molecule has 1 aliphatic heterocycles. The Balaban J connectivity index is 2.45. The molecule has 32 heavy (non-hydrogen) atoms. The van der Waals surface area contributed by atoms with Crippen molar-refractivity contribution >= 4 is 22.0 Å². The van der Waals surface area contributed by atoms with Crippen LogP contribution in [-0.4, -0.2) is 55.0 Å². The molecule has 0 amide bonds. The molecular weight excluding hydrogens is 455 g/mol. The minimum Gasteiger partial charge on any atom is -0.467 e. The number of hydrogen-bond acceptors (Lipinski definition) is 7. The zero-order chi connectivity index (χ0) is 24.3. The van der Waals surface area contributed by atoms with Crippen LogP contribution in [0.15, 0.2) is 42.1 Å². The zero-order valence-electron chi connectivity index (χ0n) is 17.9. The molecule has 0 saturated carbocycles. The second-order valence-electron chi connectivity index (χ2n) is 7.92. The van der Waals surface area contributed by atoms with E-state index in [1.165, 1.54) is 0 Å². The average Bonchev–Trinajstić information content (AvgIpc) is 3.02. The molecule has 1 aromatic rings. The molecule has 1 fully saturated rings. The SMILES string of the molecule is COC(=O)[C@@H]1[C@H](OC(C)(C)C)C/C(=C\C(=O)OCc2ccccc2)N1S(=O)(=O)C(F)(F)F. The fourth-order valence-electron chi connectivity index (χ4n) is 3.11. The van der Waals surface area contributed by atoms with Crippen molar-refractivity contribution in [1.82, 2.24) is 4.31 Å². The van der Waals surface area contributed by atoms with Crippen LogP contribution in [-0.2, 0) is 40.4 Å². The van der Waals surface area contributed by atoms with Crippen LogP contribution in [0, 0.1) is 0 Å². The number of carbonyl (C=O) groups is 2. The van der Waals surface area contributed by atoms with Gasteiger partial charge in [-0.25, -0.2) is 13.9 Å². The van der Waals surface area contributed by atoms with Gasteiger partial charge in [0, 0.05) is 18.2 Å². The number of sulfonamides is 1. The maximum atomic E-state index is 13.4. The van der Waals surface area contributed by atoms with Crippen LogP contribution >= 0.6 is 0 Å². The van der Waals surface area contributed by atoms with Gasteiger partial charge in [0.2, 0.25) is 0 Å². The van der Waals surface area contributed by atoms with Gasteiger partial charge in [-0.2, -0.15) is 21.6 Å². The van der Waals surface area contributed by atoms with E-state index in [4.69, 9.17) is 9.47 Å². The molecule has 0 N–H and O–H groups in total. The van der Waals surface area contributed by atoms with E-state index in [0.29, 0.717) is 11.6 Å². The number of nitrogens with zero attached hydrogens (tertiary/aromatic N) is 1. The third-order valence-electron chi connectivity index (χ3n) is 4.31. The minimum absolute atomic E-state index is 0.154. The highest BCUT2D eigenvalue weighted by atomic mass is 32.2. The fraction of sp³-hybridized carbons (Fsp3) is 0.500. The summed E-state index contributed by atoms with van der Waals surface area (Å²) in [5, 5.41) is 0. The van der Waals surface area contributed by atoms with Crippen molar-refractivity contribution in [3.63, 3.8) is 0 Å². The van der Waals surface area contributed by atoms with E-state index in [0.717, 1.165) is 7.11 Å². The molecule has 1 saturated heterocycles. The molecule has 8 nitrogen and oxygen atoms in total. The molecule has 2 atom stereocenters. The highest BCUT2D eigenvalue weighted by Crippen LogP contribution is 2.40. The van der Waals surface area contributed by atoms with E-state index in [2.05, 4.69) is 4.74 Å². The van der Waals surface area contributed by atoms with Crippen LogP contribution < -0.4 is 0 Å². The Morgan fingerprint density at radius 3 is 2.25 bits per heavy atom. The molecular formula is C20H24F3NO7S. The number of hydrogen-bond donors (Lipinski definition) is 0. The molecule has 2 rings (SSSR count). The Hall–Kier alpha value is -2.60. The van der Waals surface area contributed by atoms with Crippen LogP contribution in [0.3, 0.4) is 0 Å². The molecule has 0 unspecified atom stereocenters. The lowest BCUT2D eigenvalue weighted by molar-refractivity contribution is -0.152. The summed E-state index contributed by atoms with van der Waals surface area (Å²) in [5.41, 5.74) is -6.64. The van der Waals surface area contributed by atoms with E-state index >= 15 is 0 Å². The van der Waals surface area contributed by atoms with Crippen molar-refractivity contribution in [2.45, 2.75) is 57.1 Å². The van der Waals surface area contributed by atoms with Gasteiger partial charge in [-0.15, -0.1) is 0 Å². The van der Waals surface area contributed by atoms with Crippen molar-refractivity contribution in [3.05, 3.63) is 47.7 Å². The molecule has 0 spiro atoms. The lowest BCUT2D eigenvalue weighted by atomic mass is 10.1. The molecule has 0 bridgehead atoms. The second-order valence-corrected chi connectivity index (χ2v) is 9.72. The Bertz CT molecular complexity index is 969. The summed E-state index contributed by atoms with van der Waals surface area (Å²) in [7, 11) is -5.15. The summed E-state index contributed by atoms with van der Waals surface area (Å²) in [5.74, 6) is -2.33. The lowest BCUT2D eigenvalue weighted by Crippen LogP contribution is -2.50. The number of alkyl halides is 3. The maximum absolute atomic E-state index is 13.4. The Morgan fingerprint density at radius 1 is 1.16 bits per heavy atom. The number of benzene rings is 1. The van der Waals surface area contributed by atoms with Gasteiger partial charge in [0.1, 0.15) is 6.61 Å². The summed E-state index contributed by atoms with van der Waals surface area (Å²) in [4.78, 5) is 24.6. The van der Waals surface area contributed by atoms with E-state index < -0.39 is 57.3 Å². The highest BCUT2D eigenvalue weighted by molar-refractivity contribution is 7.90. The Morgan fingerprint density at radius 2 is 1.75 bits per heavy atom. The molecule has 178 valence electrons. The summed E-state index contributed by atoms with van der Waals surface area (Å²) in [6.45, 7) is 4.57. The zero-order valence-corrected chi connectivity index (χ0v) is 18.7. The molecule has 0 aromatic heterocycles. The summed E-state index contributed by atoms with van der Waals surface area (Å²) >= 11 is 0. The van der Waals surface area contributed by atoms with Gasteiger partial charge in [-0.3, -0.25) is 0 Å². The highest BCUT2D eigenvalue weighted by Gasteiger charge is 2.59. The van der Waals surface area contributed by atoms with Gasteiger partial charge in [0.15, 0.2) is 6.04 Å². The number of ether oxygens (including phenoxy) is 3. The monoisotopic (exact) mass is 479 g/mol. The number of esters is 2. The van der Waals surface area contributed by atoms with Gasteiger partial charge in [0.05, 0.1) is 18.8 Å². The summed E-state index contributed by atoms with van der Waals surface area (Å²) in [6, 6.07) is 6.50. The Labute approximate surface area is 184 Å². The molecule has 1 aromatic carbocycles. The van der Waals surface area contributed by atoms with Crippen molar-refractivity contribution in [3.8, 4) is 0 Å². The van der Waals surface area contributed by atoms with Gasteiger partial charge < -0.3 is 14.2 Å². The summed E-state index contributed by atoms with van der Waals surface area (Å²) in [6.07, 6.45) is -1.17. The minimum atomic E-state index is -6.05. The molecule has 0 radical (unpaired) electrons. The predicted molar refractivity (Wildman–Crippen MR) is 106 cm³/mol. The fourth-order valence-corrected chi connectivity index (χ4v) is 4.29. The van der Waals surface area contributed by atoms with Gasteiger partial charge >= 0.3 is 27.5 Å². The van der Waals surface area contributed by atoms with Crippen LogP contribution in [0.2, 0.25) is 0 Å². The molecule has 0 aliphatic carbocycles. The van der Waals surface area contributed by atoms with Crippen molar-refractivity contribution in [1.29, 1.82) is 0 Å².